The number of hydrogen-bond donors (Lipinski definition) is 1. The summed E-state index contributed by atoms with van der Waals surface area (Å²) in [5.74, 6) is 0.989. The molecule has 0 radical (unpaired) electrons. The zero-order valence-corrected chi connectivity index (χ0v) is 11.8. The van der Waals surface area contributed by atoms with Crippen LogP contribution in [0.1, 0.15) is 0 Å². The molecule has 2 aromatic carbocycles. The third-order valence-electron chi connectivity index (χ3n) is 3.33. The van der Waals surface area contributed by atoms with Gasteiger partial charge in [-0.3, -0.25) is 4.79 Å². The zero-order chi connectivity index (χ0) is 15.5. The Morgan fingerprint density at radius 1 is 1.09 bits per heavy atom. The number of rotatable bonds is 2. The molecule has 3 rings (SSSR count). The second-order valence-electron chi connectivity index (χ2n) is 4.62. The highest BCUT2D eigenvalue weighted by atomic mass is 16.5. The van der Waals surface area contributed by atoms with Gasteiger partial charge in [0, 0.05) is 6.07 Å². The molecule has 0 spiro atoms. The average molecular weight is 295 g/mol. The number of methoxy groups -OCH3 is 1. The summed E-state index contributed by atoms with van der Waals surface area (Å²) in [4.78, 5) is 12.1. The van der Waals surface area contributed by atoms with Crippen molar-refractivity contribution in [1.29, 1.82) is 0 Å². The number of nitrogens with zero attached hydrogens (tertiary/aromatic N) is 1. The van der Waals surface area contributed by atoms with Crippen LogP contribution in [0.3, 0.4) is 0 Å². The van der Waals surface area contributed by atoms with Crippen LogP contribution in [0.2, 0.25) is 0 Å². The molecule has 0 saturated heterocycles. The molecule has 3 aromatic rings. The molecule has 0 unspecified atom stereocenters. The van der Waals surface area contributed by atoms with Crippen LogP contribution < -0.4 is 15.5 Å². The van der Waals surface area contributed by atoms with Gasteiger partial charge in [0.05, 0.1) is 18.1 Å². The molecule has 5 heteroatoms. The van der Waals surface area contributed by atoms with Crippen LogP contribution >= 0.6 is 0 Å². The second-order valence-corrected chi connectivity index (χ2v) is 4.62. The van der Waals surface area contributed by atoms with E-state index in [-0.39, 0.29) is 16.4 Å². The Morgan fingerprint density at radius 3 is 2.59 bits per heavy atom. The summed E-state index contributed by atoms with van der Waals surface area (Å²) in [5, 5.41) is 13.2. The van der Waals surface area contributed by atoms with Gasteiger partial charge in [-0.1, -0.05) is 29.4 Å². The van der Waals surface area contributed by atoms with E-state index in [0.29, 0.717) is 22.5 Å². The lowest BCUT2D eigenvalue weighted by molar-refractivity contribution is 0.302. The Balaban J connectivity index is 2.44. The Hall–Kier alpha value is -3.08. The Kier molecular flexibility index (Phi) is 3.62. The molecule has 0 fully saturated rings. The number of ether oxygens (including phenoxy) is 1. The Labute approximate surface area is 125 Å². The first-order chi connectivity index (χ1) is 10.7. The lowest BCUT2D eigenvalue weighted by Gasteiger charge is -2.07. The first-order valence-corrected chi connectivity index (χ1v) is 6.63. The van der Waals surface area contributed by atoms with E-state index in [0.717, 1.165) is 0 Å². The maximum Gasteiger partial charge on any atom is 0.221 e. The van der Waals surface area contributed by atoms with Gasteiger partial charge in [-0.15, -0.1) is 0 Å². The van der Waals surface area contributed by atoms with Crippen LogP contribution in [-0.4, -0.2) is 12.3 Å². The summed E-state index contributed by atoms with van der Waals surface area (Å²) < 4.78 is 11.1. The van der Waals surface area contributed by atoms with Crippen LogP contribution in [0.5, 0.6) is 5.75 Å². The summed E-state index contributed by atoms with van der Waals surface area (Å²) in [6, 6.07) is 15.2. The fourth-order valence-corrected chi connectivity index (χ4v) is 2.29. The molecule has 0 atom stereocenters. The van der Waals surface area contributed by atoms with Crippen molar-refractivity contribution < 1.29 is 14.4 Å². The summed E-state index contributed by atoms with van der Waals surface area (Å²) in [6.07, 6.45) is 0. The van der Waals surface area contributed by atoms with Gasteiger partial charge in [0.1, 0.15) is 16.9 Å². The van der Waals surface area contributed by atoms with Crippen molar-refractivity contribution in [3.8, 4) is 17.1 Å². The first-order valence-electron chi connectivity index (χ1n) is 6.63. The van der Waals surface area contributed by atoms with Gasteiger partial charge in [0.25, 0.3) is 0 Å². The summed E-state index contributed by atoms with van der Waals surface area (Å²) >= 11 is 0. The molecule has 0 amide bonds. The normalized spacial score (nSPS) is 11.6. The molecule has 0 aliphatic carbocycles. The SMILES string of the molecule is COc1ccccc1-c1c/c(=N\O)c2ccccc(=O)c2o1. The lowest BCUT2D eigenvalue weighted by Crippen LogP contribution is -2.07. The van der Waals surface area contributed by atoms with E-state index in [1.807, 2.05) is 12.1 Å². The van der Waals surface area contributed by atoms with Gasteiger partial charge in [-0.25, -0.2) is 0 Å². The number of hydrogen-bond acceptors (Lipinski definition) is 5. The quantitative estimate of drug-likeness (QED) is 0.583. The molecule has 1 aromatic heterocycles. The fourth-order valence-electron chi connectivity index (χ4n) is 2.29. The molecule has 0 bridgehead atoms. The predicted molar refractivity (Wildman–Crippen MR) is 81.8 cm³/mol. The molecule has 1 heterocycles. The van der Waals surface area contributed by atoms with Gasteiger partial charge in [0.15, 0.2) is 5.58 Å². The smallest absolute Gasteiger partial charge is 0.221 e. The minimum absolute atomic E-state index is 0.126. The first kappa shape index (κ1) is 13.9. The maximum absolute atomic E-state index is 12.1. The van der Waals surface area contributed by atoms with E-state index in [1.165, 1.54) is 6.07 Å². The summed E-state index contributed by atoms with van der Waals surface area (Å²) in [6.45, 7) is 0. The largest absolute Gasteiger partial charge is 0.496 e. The topological polar surface area (TPSA) is 72.0 Å². The molecule has 0 aliphatic heterocycles. The van der Waals surface area contributed by atoms with E-state index in [1.54, 1.807) is 43.5 Å². The Morgan fingerprint density at radius 2 is 1.82 bits per heavy atom. The lowest BCUT2D eigenvalue weighted by atomic mass is 10.1. The van der Waals surface area contributed by atoms with Crippen molar-refractivity contribution in [3.05, 3.63) is 70.2 Å². The third kappa shape index (κ3) is 2.33. The van der Waals surface area contributed by atoms with Crippen molar-refractivity contribution in [2.45, 2.75) is 0 Å². The van der Waals surface area contributed by atoms with Gasteiger partial charge < -0.3 is 14.4 Å². The van der Waals surface area contributed by atoms with Gasteiger partial charge >= 0.3 is 0 Å². The molecule has 0 saturated carbocycles. The molecular weight excluding hydrogens is 282 g/mol. The van der Waals surface area contributed by atoms with E-state index < -0.39 is 0 Å². The molecule has 0 aliphatic rings. The highest BCUT2D eigenvalue weighted by molar-refractivity contribution is 5.78. The molecule has 5 nitrogen and oxygen atoms in total. The monoisotopic (exact) mass is 295 g/mol. The van der Waals surface area contributed by atoms with Crippen molar-refractivity contribution in [3.63, 3.8) is 0 Å². The van der Waals surface area contributed by atoms with Crippen LogP contribution in [0, 0.1) is 0 Å². The van der Waals surface area contributed by atoms with Gasteiger partial charge in [0.2, 0.25) is 5.43 Å². The molecular formula is C17H13NO4. The fraction of sp³-hybridized carbons (Fsp3) is 0.0588. The summed E-state index contributed by atoms with van der Waals surface area (Å²) in [7, 11) is 1.55. The maximum atomic E-state index is 12.1. The van der Waals surface area contributed by atoms with E-state index in [4.69, 9.17) is 9.15 Å². The van der Waals surface area contributed by atoms with Crippen LogP contribution in [0.4, 0.5) is 0 Å². The Bertz CT molecular complexity index is 960. The van der Waals surface area contributed by atoms with Crippen molar-refractivity contribution in [1.82, 2.24) is 0 Å². The average Bonchev–Trinajstić information content (AvgIpc) is 2.76. The van der Waals surface area contributed by atoms with Crippen molar-refractivity contribution in [2.75, 3.05) is 7.11 Å². The predicted octanol–water partition coefficient (Wildman–Crippen LogP) is 2.76. The highest BCUT2D eigenvalue weighted by Crippen LogP contribution is 2.29. The zero-order valence-electron chi connectivity index (χ0n) is 11.8. The standard InChI is InChI=1S/C17H13NO4/c1-21-15-9-5-3-7-12(15)16-10-13(18-20)11-6-2-4-8-14(19)17(11)22-16/h2-10,20H,1H3/b18-13+. The number of fused-ring (bicyclic) bond motifs is 1. The highest BCUT2D eigenvalue weighted by Gasteiger charge is 2.11. The van der Waals surface area contributed by atoms with Gasteiger partial charge in [-0.05, 0) is 24.3 Å². The van der Waals surface area contributed by atoms with E-state index in [2.05, 4.69) is 5.16 Å². The minimum atomic E-state index is -0.290. The second kappa shape index (κ2) is 5.73. The van der Waals surface area contributed by atoms with Crippen LogP contribution in [-0.2, 0) is 0 Å². The van der Waals surface area contributed by atoms with E-state index >= 15 is 0 Å². The summed E-state index contributed by atoms with van der Waals surface area (Å²) in [5.41, 5.74) is 0.505. The van der Waals surface area contributed by atoms with Crippen LogP contribution in [0.15, 0.2) is 69.0 Å². The van der Waals surface area contributed by atoms with Crippen LogP contribution in [0.25, 0.3) is 22.3 Å². The minimum Gasteiger partial charge on any atom is -0.496 e. The van der Waals surface area contributed by atoms with Crippen molar-refractivity contribution >= 4 is 11.0 Å². The van der Waals surface area contributed by atoms with Crippen molar-refractivity contribution in [2.24, 2.45) is 5.16 Å². The third-order valence-corrected chi connectivity index (χ3v) is 3.33. The number of benzene rings is 1. The van der Waals surface area contributed by atoms with E-state index in [9.17, 15) is 10.0 Å². The molecule has 110 valence electrons. The molecule has 22 heavy (non-hydrogen) atoms. The number of para-hydroxylation sites is 1. The van der Waals surface area contributed by atoms with Gasteiger partial charge in [-0.2, -0.15) is 0 Å². The molecule has 1 N–H and O–H groups in total.